The fourth-order valence-corrected chi connectivity index (χ4v) is 1.15. The predicted molar refractivity (Wildman–Crippen MR) is 65.5 cm³/mol. The van der Waals surface area contributed by atoms with Gasteiger partial charge in [0.25, 0.3) is 0 Å². The van der Waals surface area contributed by atoms with Crippen molar-refractivity contribution in [3.63, 3.8) is 0 Å². The summed E-state index contributed by atoms with van der Waals surface area (Å²) in [4.78, 5) is 14.2. The molecule has 0 aromatic carbocycles. The van der Waals surface area contributed by atoms with E-state index in [-0.39, 0.29) is 7.43 Å². The van der Waals surface area contributed by atoms with Crippen molar-refractivity contribution in [2.24, 2.45) is 0 Å². The summed E-state index contributed by atoms with van der Waals surface area (Å²) in [5.74, 6) is 0.323. The summed E-state index contributed by atoms with van der Waals surface area (Å²) in [5, 5.41) is 6.43. The van der Waals surface area contributed by atoms with Crippen molar-refractivity contribution in [3.05, 3.63) is 23.9 Å². The zero-order chi connectivity index (χ0) is 11.3. The number of aryl methyl sites for hydroxylation is 1. The van der Waals surface area contributed by atoms with E-state index < -0.39 is 0 Å². The molecule has 0 aliphatic heterocycles. The lowest BCUT2D eigenvalue weighted by molar-refractivity contribution is -0.105. The molecule has 5 nitrogen and oxygen atoms in total. The highest BCUT2D eigenvalue weighted by atomic mass is 16.1. The summed E-state index contributed by atoms with van der Waals surface area (Å²) < 4.78 is 1.63. The highest BCUT2D eigenvalue weighted by molar-refractivity contribution is 5.67. The molecule has 0 aliphatic carbocycles. The van der Waals surface area contributed by atoms with Crippen LogP contribution in [0.3, 0.4) is 0 Å². The third-order valence-corrected chi connectivity index (χ3v) is 1.75. The Morgan fingerprint density at radius 3 is 2.69 bits per heavy atom. The second-order valence-electron chi connectivity index (χ2n) is 2.66. The minimum Gasteiger partial charge on any atom is -0.296 e. The maximum atomic E-state index is 10.1. The number of carbonyl (C=O) groups excluding carboxylic acids is 1. The molecule has 88 valence electrons. The molecular weight excluding hydrogens is 204 g/mol. The van der Waals surface area contributed by atoms with Crippen LogP contribution in [0.25, 0.3) is 5.65 Å². The van der Waals surface area contributed by atoms with Crippen molar-refractivity contribution in [1.29, 1.82) is 0 Å². The maximum Gasteiger partial charge on any atom is 0.249 e. The van der Waals surface area contributed by atoms with Crippen LogP contribution in [0.5, 0.6) is 0 Å². The molecule has 16 heavy (non-hydrogen) atoms. The van der Waals surface area contributed by atoms with Gasteiger partial charge in [0.2, 0.25) is 12.4 Å². The van der Waals surface area contributed by atoms with Crippen molar-refractivity contribution in [1.82, 2.24) is 14.6 Å². The summed E-state index contributed by atoms with van der Waals surface area (Å²) in [7, 11) is 0. The molecule has 0 saturated heterocycles. The lowest BCUT2D eigenvalue weighted by Crippen LogP contribution is -1.95. The molecule has 0 unspecified atom stereocenters. The lowest BCUT2D eigenvalue weighted by Gasteiger charge is -1.91. The van der Waals surface area contributed by atoms with Crippen LogP contribution in [0.1, 0.15) is 26.8 Å². The average Bonchev–Trinajstić information content (AvgIpc) is 2.66. The third kappa shape index (κ3) is 2.79. The van der Waals surface area contributed by atoms with Crippen LogP contribution in [-0.2, 0) is 4.79 Å². The summed E-state index contributed by atoms with van der Waals surface area (Å²) in [6.45, 7) is 5.94. The van der Waals surface area contributed by atoms with Crippen molar-refractivity contribution >= 4 is 18.0 Å². The van der Waals surface area contributed by atoms with Crippen LogP contribution in [-0.4, -0.2) is 21.0 Å². The van der Waals surface area contributed by atoms with Crippen molar-refractivity contribution < 1.29 is 4.79 Å². The number of nitrogens with zero attached hydrogens (tertiary/aromatic N) is 3. The normalized spacial score (nSPS) is 8.69. The lowest BCUT2D eigenvalue weighted by atomic mass is 10.3. The molecule has 0 atom stereocenters. The van der Waals surface area contributed by atoms with Crippen LogP contribution in [0.4, 0.5) is 5.95 Å². The van der Waals surface area contributed by atoms with Crippen molar-refractivity contribution in [3.8, 4) is 0 Å². The van der Waals surface area contributed by atoms with E-state index in [9.17, 15) is 4.79 Å². The number of nitrogens with one attached hydrogen (secondary N) is 1. The van der Waals surface area contributed by atoms with Gasteiger partial charge >= 0.3 is 0 Å². The molecule has 0 spiro atoms. The summed E-state index contributed by atoms with van der Waals surface area (Å²) in [6, 6.07) is 3.82. The summed E-state index contributed by atoms with van der Waals surface area (Å²) >= 11 is 0. The molecule has 0 aliphatic rings. The number of pyridine rings is 1. The molecule has 2 aromatic heterocycles. The van der Waals surface area contributed by atoms with Crippen molar-refractivity contribution in [2.75, 3.05) is 5.32 Å². The Balaban J connectivity index is 0.000000711. The van der Waals surface area contributed by atoms with Crippen LogP contribution in [0.2, 0.25) is 0 Å². The Bertz CT molecular complexity index is 450. The van der Waals surface area contributed by atoms with E-state index in [1.807, 2.05) is 32.9 Å². The first kappa shape index (κ1) is 14.1. The Morgan fingerprint density at radius 1 is 1.44 bits per heavy atom. The van der Waals surface area contributed by atoms with E-state index >= 15 is 0 Å². The summed E-state index contributed by atoms with van der Waals surface area (Å²) in [6.07, 6.45) is 2.34. The van der Waals surface area contributed by atoms with Crippen LogP contribution in [0, 0.1) is 6.92 Å². The minimum atomic E-state index is 0. The van der Waals surface area contributed by atoms with E-state index in [1.54, 1.807) is 10.7 Å². The topological polar surface area (TPSA) is 59.3 Å². The van der Waals surface area contributed by atoms with Gasteiger partial charge in [-0.25, -0.2) is 4.52 Å². The smallest absolute Gasteiger partial charge is 0.249 e. The number of rotatable bonds is 2. The quantitative estimate of drug-likeness (QED) is 0.793. The van der Waals surface area contributed by atoms with E-state index in [0.717, 1.165) is 11.2 Å². The molecule has 0 bridgehead atoms. The number of amides is 1. The van der Waals surface area contributed by atoms with Gasteiger partial charge in [0.05, 0.1) is 0 Å². The monoisotopic (exact) mass is 222 g/mol. The van der Waals surface area contributed by atoms with Gasteiger partial charge in [0, 0.05) is 6.20 Å². The molecule has 0 fully saturated rings. The van der Waals surface area contributed by atoms with E-state index in [0.29, 0.717) is 12.4 Å². The molecular formula is C11H18N4O. The Kier molecular flexibility index (Phi) is 5.77. The fourth-order valence-electron chi connectivity index (χ4n) is 1.15. The molecule has 2 heterocycles. The second kappa shape index (κ2) is 6.55. The molecule has 5 heteroatoms. The second-order valence-corrected chi connectivity index (χ2v) is 2.66. The van der Waals surface area contributed by atoms with Crippen LogP contribution >= 0.6 is 0 Å². The fraction of sp³-hybridized carbons (Fsp3) is 0.364. The number of fused-ring (bicyclic) bond motifs is 1. The molecule has 0 saturated carbocycles. The predicted octanol–water partition coefficient (Wildman–Crippen LogP) is 2.27. The highest BCUT2D eigenvalue weighted by Crippen LogP contribution is 2.08. The number of hydrogen-bond donors (Lipinski definition) is 1. The first-order valence-electron chi connectivity index (χ1n) is 4.83. The van der Waals surface area contributed by atoms with E-state index in [1.165, 1.54) is 0 Å². The molecule has 2 rings (SSSR count). The largest absolute Gasteiger partial charge is 0.296 e. The Hall–Kier alpha value is -1.91. The number of anilines is 1. The molecule has 2 aromatic rings. The van der Waals surface area contributed by atoms with Gasteiger partial charge in [-0.3, -0.25) is 10.1 Å². The van der Waals surface area contributed by atoms with Gasteiger partial charge in [0.15, 0.2) is 5.65 Å². The first-order chi connectivity index (χ1) is 7.31. The molecule has 0 radical (unpaired) electrons. The zero-order valence-corrected chi connectivity index (χ0v) is 9.06. The van der Waals surface area contributed by atoms with Crippen LogP contribution in [0.15, 0.2) is 18.3 Å². The zero-order valence-electron chi connectivity index (χ0n) is 9.06. The third-order valence-electron chi connectivity index (χ3n) is 1.75. The average molecular weight is 222 g/mol. The van der Waals surface area contributed by atoms with Gasteiger partial charge in [-0.15, -0.1) is 5.10 Å². The van der Waals surface area contributed by atoms with Gasteiger partial charge < -0.3 is 0 Å². The maximum absolute atomic E-state index is 10.1. The van der Waals surface area contributed by atoms with Crippen molar-refractivity contribution in [2.45, 2.75) is 28.2 Å². The number of aromatic nitrogens is 3. The summed E-state index contributed by atoms with van der Waals surface area (Å²) in [5.41, 5.74) is 1.78. The number of hydrogen-bond acceptors (Lipinski definition) is 3. The van der Waals surface area contributed by atoms with Gasteiger partial charge in [-0.1, -0.05) is 27.3 Å². The van der Waals surface area contributed by atoms with E-state index in [4.69, 9.17) is 0 Å². The van der Waals surface area contributed by atoms with Gasteiger partial charge in [-0.05, 0) is 18.6 Å². The van der Waals surface area contributed by atoms with Gasteiger partial charge in [-0.2, -0.15) is 4.98 Å². The van der Waals surface area contributed by atoms with Crippen LogP contribution < -0.4 is 5.32 Å². The highest BCUT2D eigenvalue weighted by Gasteiger charge is 2.03. The standard InChI is InChI=1S/C8H8N4O.C2H6.CH4/c1-6-3-2-4-12-7(6)10-8(11-12)9-5-13;1-2;/h2-5H,1H3,(H,9,11,13);1-2H3;1H4. The SMILES string of the molecule is C.CC.Cc1cccn2nc(NC=O)nc12. The first-order valence-corrected chi connectivity index (χ1v) is 4.83. The number of carbonyl (C=O) groups is 1. The van der Waals surface area contributed by atoms with Gasteiger partial charge in [0.1, 0.15) is 0 Å². The Labute approximate surface area is 95.5 Å². The van der Waals surface area contributed by atoms with E-state index in [2.05, 4.69) is 15.4 Å². The molecule has 1 N–H and O–H groups in total. The Morgan fingerprint density at radius 2 is 2.12 bits per heavy atom. The molecule has 1 amide bonds. The minimum absolute atomic E-state index is 0.